The van der Waals surface area contributed by atoms with Gasteiger partial charge in [-0.05, 0) is 19.3 Å². The highest BCUT2D eigenvalue weighted by molar-refractivity contribution is 7.07. The summed E-state index contributed by atoms with van der Waals surface area (Å²) in [5.74, 6) is 0. The van der Waals surface area contributed by atoms with Gasteiger partial charge in [0, 0.05) is 17.6 Å². The molecule has 1 aliphatic rings. The van der Waals surface area contributed by atoms with Crippen LogP contribution in [0, 0.1) is 0 Å². The van der Waals surface area contributed by atoms with Crippen LogP contribution in [0.4, 0.5) is 0 Å². The van der Waals surface area contributed by atoms with Crippen molar-refractivity contribution >= 4 is 11.5 Å². The molecule has 1 heterocycles. The summed E-state index contributed by atoms with van der Waals surface area (Å²) in [5.41, 5.74) is 5.83. The highest BCUT2D eigenvalue weighted by atomic mass is 32.1. The molecule has 2 unspecified atom stereocenters. The quantitative estimate of drug-likeness (QED) is 0.740. The van der Waals surface area contributed by atoms with Crippen LogP contribution >= 0.6 is 11.5 Å². The Morgan fingerprint density at radius 1 is 1.58 bits per heavy atom. The molecule has 0 bridgehead atoms. The van der Waals surface area contributed by atoms with Gasteiger partial charge in [0.25, 0.3) is 5.19 Å². The average molecular weight is 185 g/mol. The first-order valence-corrected chi connectivity index (χ1v) is 4.82. The molecule has 0 saturated heterocycles. The van der Waals surface area contributed by atoms with Crippen LogP contribution in [0.2, 0.25) is 0 Å². The third kappa shape index (κ3) is 1.56. The van der Waals surface area contributed by atoms with Crippen molar-refractivity contribution in [2.45, 2.75) is 31.4 Å². The van der Waals surface area contributed by atoms with E-state index >= 15 is 0 Å². The van der Waals surface area contributed by atoms with E-state index in [1.54, 1.807) is 0 Å². The van der Waals surface area contributed by atoms with Crippen LogP contribution in [0.15, 0.2) is 6.33 Å². The number of aromatic nitrogens is 2. The van der Waals surface area contributed by atoms with Crippen LogP contribution in [0.5, 0.6) is 5.19 Å². The lowest BCUT2D eigenvalue weighted by Crippen LogP contribution is -2.33. The SMILES string of the molecule is NC1CCCC1Oc1ncns1. The minimum Gasteiger partial charge on any atom is -0.464 e. The fraction of sp³-hybridized carbons (Fsp3) is 0.714. The van der Waals surface area contributed by atoms with E-state index < -0.39 is 0 Å². The molecule has 0 aromatic carbocycles. The Morgan fingerprint density at radius 3 is 3.08 bits per heavy atom. The van der Waals surface area contributed by atoms with Crippen molar-refractivity contribution in [3.05, 3.63) is 6.33 Å². The second-order valence-corrected chi connectivity index (χ2v) is 3.70. The fourth-order valence-corrected chi connectivity index (χ4v) is 1.89. The highest BCUT2D eigenvalue weighted by Gasteiger charge is 2.26. The monoisotopic (exact) mass is 185 g/mol. The van der Waals surface area contributed by atoms with Crippen molar-refractivity contribution in [1.82, 2.24) is 9.36 Å². The molecule has 1 saturated carbocycles. The number of rotatable bonds is 2. The molecular weight excluding hydrogens is 174 g/mol. The summed E-state index contributed by atoms with van der Waals surface area (Å²) in [6, 6.07) is 0.175. The van der Waals surface area contributed by atoms with E-state index in [1.165, 1.54) is 17.9 Å². The second kappa shape index (κ2) is 3.37. The predicted octanol–water partition coefficient (Wildman–Crippen LogP) is 0.797. The van der Waals surface area contributed by atoms with Gasteiger partial charge < -0.3 is 10.5 Å². The van der Waals surface area contributed by atoms with Gasteiger partial charge in [-0.25, -0.2) is 0 Å². The average Bonchev–Trinajstić information content (AvgIpc) is 2.65. The molecule has 2 atom stereocenters. The molecule has 1 aromatic rings. The van der Waals surface area contributed by atoms with Crippen molar-refractivity contribution in [2.24, 2.45) is 5.73 Å². The molecule has 12 heavy (non-hydrogen) atoms. The van der Waals surface area contributed by atoms with E-state index in [-0.39, 0.29) is 12.1 Å². The number of hydrogen-bond donors (Lipinski definition) is 1. The van der Waals surface area contributed by atoms with Crippen LogP contribution in [0.3, 0.4) is 0 Å². The minimum absolute atomic E-state index is 0.151. The number of nitrogens with zero attached hydrogens (tertiary/aromatic N) is 2. The van der Waals surface area contributed by atoms with Gasteiger partial charge in [-0.15, -0.1) is 0 Å². The highest BCUT2D eigenvalue weighted by Crippen LogP contribution is 2.23. The van der Waals surface area contributed by atoms with E-state index in [9.17, 15) is 0 Å². The molecule has 1 aromatic heterocycles. The van der Waals surface area contributed by atoms with Crippen LogP contribution in [0.1, 0.15) is 19.3 Å². The first kappa shape index (κ1) is 7.94. The summed E-state index contributed by atoms with van der Waals surface area (Å²) in [4.78, 5) is 3.94. The molecule has 2 rings (SSSR count). The van der Waals surface area contributed by atoms with Crippen LogP contribution in [-0.2, 0) is 0 Å². The first-order chi connectivity index (χ1) is 5.86. The van der Waals surface area contributed by atoms with E-state index in [1.807, 2.05) is 0 Å². The summed E-state index contributed by atoms with van der Waals surface area (Å²) < 4.78 is 9.40. The summed E-state index contributed by atoms with van der Waals surface area (Å²) >= 11 is 1.27. The second-order valence-electron chi connectivity index (χ2n) is 2.96. The maximum Gasteiger partial charge on any atom is 0.293 e. The van der Waals surface area contributed by atoms with Gasteiger partial charge in [0.15, 0.2) is 0 Å². The first-order valence-electron chi connectivity index (χ1n) is 4.05. The van der Waals surface area contributed by atoms with Gasteiger partial charge >= 0.3 is 0 Å². The van der Waals surface area contributed by atoms with Gasteiger partial charge in [-0.1, -0.05) is 0 Å². The molecule has 0 radical (unpaired) electrons. The Hall–Kier alpha value is -0.680. The van der Waals surface area contributed by atoms with Crippen molar-refractivity contribution in [1.29, 1.82) is 0 Å². The normalized spacial score (nSPS) is 29.1. The van der Waals surface area contributed by atoms with Crippen molar-refractivity contribution in [3.63, 3.8) is 0 Å². The molecule has 0 aliphatic heterocycles. The zero-order valence-corrected chi connectivity index (χ0v) is 7.46. The lowest BCUT2D eigenvalue weighted by Gasteiger charge is -2.14. The maximum absolute atomic E-state index is 5.83. The van der Waals surface area contributed by atoms with Gasteiger partial charge in [-0.3, -0.25) is 0 Å². The van der Waals surface area contributed by atoms with Crippen molar-refractivity contribution in [3.8, 4) is 5.19 Å². The van der Waals surface area contributed by atoms with Crippen LogP contribution in [-0.4, -0.2) is 21.5 Å². The molecule has 4 nitrogen and oxygen atoms in total. The summed E-state index contributed by atoms with van der Waals surface area (Å²) in [6.07, 6.45) is 4.91. The van der Waals surface area contributed by atoms with Gasteiger partial charge in [0.1, 0.15) is 12.4 Å². The molecule has 66 valence electrons. The molecular formula is C7H11N3OS. The minimum atomic E-state index is 0.151. The molecule has 1 fully saturated rings. The van der Waals surface area contributed by atoms with E-state index in [2.05, 4.69) is 9.36 Å². The van der Waals surface area contributed by atoms with Gasteiger partial charge in [0.05, 0.1) is 0 Å². The van der Waals surface area contributed by atoms with Crippen molar-refractivity contribution in [2.75, 3.05) is 0 Å². The predicted molar refractivity (Wildman–Crippen MR) is 46.2 cm³/mol. The Balaban J connectivity index is 1.95. The topological polar surface area (TPSA) is 61.0 Å². The number of nitrogens with two attached hydrogens (primary N) is 1. The number of hydrogen-bond acceptors (Lipinski definition) is 5. The Kier molecular flexibility index (Phi) is 2.23. The largest absolute Gasteiger partial charge is 0.464 e. The Bertz CT molecular complexity index is 239. The standard InChI is InChI=1S/C7H11N3OS/c8-5-2-1-3-6(5)11-7-9-4-10-12-7/h4-6H,1-3,8H2. The number of ether oxygens (including phenoxy) is 1. The molecule has 0 spiro atoms. The summed E-state index contributed by atoms with van der Waals surface area (Å²) in [5, 5.41) is 0.636. The van der Waals surface area contributed by atoms with Gasteiger partial charge in [0.2, 0.25) is 0 Å². The smallest absolute Gasteiger partial charge is 0.293 e. The Morgan fingerprint density at radius 2 is 2.50 bits per heavy atom. The van der Waals surface area contributed by atoms with Crippen LogP contribution < -0.4 is 10.5 Å². The van der Waals surface area contributed by atoms with E-state index in [0.29, 0.717) is 5.19 Å². The van der Waals surface area contributed by atoms with Gasteiger partial charge in [-0.2, -0.15) is 9.36 Å². The maximum atomic E-state index is 5.83. The third-order valence-electron chi connectivity index (χ3n) is 2.10. The summed E-state index contributed by atoms with van der Waals surface area (Å²) in [7, 11) is 0. The van der Waals surface area contributed by atoms with E-state index in [0.717, 1.165) is 19.3 Å². The summed E-state index contributed by atoms with van der Waals surface area (Å²) in [6.45, 7) is 0. The molecule has 1 aliphatic carbocycles. The lowest BCUT2D eigenvalue weighted by atomic mass is 10.2. The van der Waals surface area contributed by atoms with Crippen LogP contribution in [0.25, 0.3) is 0 Å². The van der Waals surface area contributed by atoms with E-state index in [4.69, 9.17) is 10.5 Å². The molecule has 0 amide bonds. The molecule has 2 N–H and O–H groups in total. The third-order valence-corrected chi connectivity index (χ3v) is 2.65. The molecule has 5 heteroatoms. The Labute approximate surface area is 74.9 Å². The zero-order valence-electron chi connectivity index (χ0n) is 6.64. The zero-order chi connectivity index (χ0) is 8.39. The van der Waals surface area contributed by atoms with Crippen molar-refractivity contribution < 1.29 is 4.74 Å². The fourth-order valence-electron chi connectivity index (χ4n) is 1.45. The lowest BCUT2D eigenvalue weighted by molar-refractivity contribution is 0.191.